The van der Waals surface area contributed by atoms with E-state index in [2.05, 4.69) is 5.43 Å². The number of hydrogen-bond acceptors (Lipinski definition) is 3. The number of benzene rings is 1. The molecule has 0 heterocycles. The van der Waals surface area contributed by atoms with E-state index in [1.54, 1.807) is 12.1 Å². The molecule has 0 aromatic heterocycles. The van der Waals surface area contributed by atoms with Crippen LogP contribution < -0.4 is 9.95 Å². The average molecular weight is 201 g/mol. The van der Waals surface area contributed by atoms with Gasteiger partial charge in [0.25, 0.3) is 0 Å². The van der Waals surface area contributed by atoms with Gasteiger partial charge in [-0.05, 0) is 12.1 Å². The van der Waals surface area contributed by atoms with Crippen LogP contribution in [-0.4, -0.2) is 17.6 Å². The average Bonchev–Trinajstić information content (AvgIpc) is 2.15. The lowest BCUT2D eigenvalue weighted by Gasteiger charge is -2.14. The number of aliphatic carboxylic acids is 1. The molecule has 0 amide bonds. The Morgan fingerprint density at radius 2 is 2.08 bits per heavy atom. The largest absolute Gasteiger partial charge is 0.480 e. The molecule has 0 bridgehead atoms. The van der Waals surface area contributed by atoms with E-state index < -0.39 is 5.97 Å². The first-order chi connectivity index (χ1) is 6.20. The Bertz CT molecular complexity index is 279. The lowest BCUT2D eigenvalue weighted by Crippen LogP contribution is -2.34. The topological polar surface area (TPSA) is 52.6 Å². The lowest BCUT2D eigenvalue weighted by molar-refractivity contribution is -0.135. The molecule has 0 unspecified atom stereocenters. The predicted molar refractivity (Wildman–Crippen MR) is 50.4 cm³/mol. The maximum atomic E-state index is 10.2. The van der Waals surface area contributed by atoms with E-state index in [1.165, 1.54) is 0 Å². The SMILES string of the molecule is O=C(O)CNN(Cl)c1ccccc1. The van der Waals surface area contributed by atoms with Crippen LogP contribution in [0.4, 0.5) is 5.69 Å². The second-order valence-electron chi connectivity index (χ2n) is 2.35. The Balaban J connectivity index is 2.49. The number of rotatable bonds is 4. The summed E-state index contributed by atoms with van der Waals surface area (Å²) in [5, 5.41) is 8.36. The standard InChI is InChI=1S/C8H9ClN2O2/c9-11(10-6-8(12)13)7-4-2-1-3-5-7/h1-5,10H,6H2,(H,12,13). The number of carboxylic acids is 1. The van der Waals surface area contributed by atoms with Gasteiger partial charge in [0.05, 0.1) is 5.69 Å². The fourth-order valence-electron chi connectivity index (χ4n) is 0.787. The van der Waals surface area contributed by atoms with Gasteiger partial charge in [-0.25, -0.2) is 9.95 Å². The molecule has 1 aromatic rings. The number of hydrogen-bond donors (Lipinski definition) is 2. The zero-order valence-corrected chi connectivity index (χ0v) is 7.53. The molecule has 5 heteroatoms. The van der Waals surface area contributed by atoms with E-state index in [4.69, 9.17) is 16.9 Å². The Morgan fingerprint density at radius 3 is 2.62 bits per heavy atom. The molecule has 0 spiro atoms. The minimum atomic E-state index is -0.957. The van der Waals surface area contributed by atoms with Crippen molar-refractivity contribution in [3.8, 4) is 0 Å². The molecule has 0 aliphatic heterocycles. The summed E-state index contributed by atoms with van der Waals surface area (Å²) >= 11 is 5.71. The van der Waals surface area contributed by atoms with Gasteiger partial charge in [-0.2, -0.15) is 0 Å². The first kappa shape index (κ1) is 9.83. The van der Waals surface area contributed by atoms with Crippen molar-refractivity contribution >= 4 is 23.4 Å². The van der Waals surface area contributed by atoms with Crippen molar-refractivity contribution in [1.82, 2.24) is 5.43 Å². The molecule has 0 saturated heterocycles. The fraction of sp³-hybridized carbons (Fsp3) is 0.125. The molecule has 13 heavy (non-hydrogen) atoms. The minimum Gasteiger partial charge on any atom is -0.480 e. The molecule has 1 aromatic carbocycles. The second kappa shape index (κ2) is 4.69. The van der Waals surface area contributed by atoms with Crippen LogP contribution in [0.5, 0.6) is 0 Å². The summed E-state index contributed by atoms with van der Waals surface area (Å²) in [7, 11) is 0. The number of carbonyl (C=O) groups is 1. The summed E-state index contributed by atoms with van der Waals surface area (Å²) in [6, 6.07) is 9.01. The van der Waals surface area contributed by atoms with E-state index in [-0.39, 0.29) is 6.54 Å². The van der Waals surface area contributed by atoms with Crippen LogP contribution in [0.25, 0.3) is 0 Å². The number of anilines is 1. The van der Waals surface area contributed by atoms with Crippen molar-refractivity contribution in [2.45, 2.75) is 0 Å². The minimum absolute atomic E-state index is 0.210. The molecule has 4 nitrogen and oxygen atoms in total. The van der Waals surface area contributed by atoms with Crippen LogP contribution in [0.1, 0.15) is 0 Å². The molecule has 0 fully saturated rings. The monoisotopic (exact) mass is 200 g/mol. The third kappa shape index (κ3) is 3.31. The Morgan fingerprint density at radius 1 is 1.46 bits per heavy atom. The van der Waals surface area contributed by atoms with Crippen molar-refractivity contribution in [2.24, 2.45) is 0 Å². The lowest BCUT2D eigenvalue weighted by atomic mass is 10.3. The molecule has 1 rings (SSSR count). The Hall–Kier alpha value is -1.26. The second-order valence-corrected chi connectivity index (χ2v) is 2.68. The summed E-state index contributed by atoms with van der Waals surface area (Å²) in [5.74, 6) is -0.957. The van der Waals surface area contributed by atoms with Gasteiger partial charge in [-0.1, -0.05) is 18.2 Å². The number of carboxylic acid groups (broad SMARTS) is 1. The number of halogens is 1. The third-order valence-corrected chi connectivity index (χ3v) is 1.67. The van der Waals surface area contributed by atoms with Gasteiger partial charge in [0, 0.05) is 11.8 Å². The van der Waals surface area contributed by atoms with Crippen molar-refractivity contribution in [1.29, 1.82) is 0 Å². The van der Waals surface area contributed by atoms with Gasteiger partial charge < -0.3 is 5.11 Å². The first-order valence-corrected chi connectivity index (χ1v) is 4.00. The third-order valence-electron chi connectivity index (χ3n) is 1.35. The summed E-state index contributed by atoms with van der Waals surface area (Å²) in [6.07, 6.45) is 0. The summed E-state index contributed by atoms with van der Waals surface area (Å²) in [6.45, 7) is -0.210. The summed E-state index contributed by atoms with van der Waals surface area (Å²) < 4.78 is 1.15. The summed E-state index contributed by atoms with van der Waals surface area (Å²) in [4.78, 5) is 10.2. The van der Waals surface area contributed by atoms with E-state index in [0.29, 0.717) is 5.69 Å². The number of hydrazine groups is 1. The summed E-state index contributed by atoms with van der Waals surface area (Å²) in [5.41, 5.74) is 3.20. The molecule has 2 N–H and O–H groups in total. The molecule has 0 radical (unpaired) electrons. The first-order valence-electron chi connectivity index (χ1n) is 3.66. The van der Waals surface area contributed by atoms with E-state index in [0.717, 1.165) is 4.53 Å². The van der Waals surface area contributed by atoms with Gasteiger partial charge in [0.1, 0.15) is 6.54 Å². The molecule has 0 saturated carbocycles. The van der Waals surface area contributed by atoms with Crippen molar-refractivity contribution in [2.75, 3.05) is 11.1 Å². The van der Waals surface area contributed by atoms with Gasteiger partial charge >= 0.3 is 5.97 Å². The zero-order valence-electron chi connectivity index (χ0n) is 6.77. The van der Waals surface area contributed by atoms with Crippen LogP contribution in [0.3, 0.4) is 0 Å². The molecule has 0 aliphatic rings. The zero-order chi connectivity index (χ0) is 9.68. The van der Waals surface area contributed by atoms with E-state index in [1.807, 2.05) is 18.2 Å². The van der Waals surface area contributed by atoms with Crippen molar-refractivity contribution < 1.29 is 9.90 Å². The number of para-hydroxylation sites is 1. The normalized spacial score (nSPS) is 9.62. The quantitative estimate of drug-likeness (QED) is 0.567. The molecule has 0 aliphatic carbocycles. The van der Waals surface area contributed by atoms with Crippen LogP contribution >= 0.6 is 11.8 Å². The van der Waals surface area contributed by atoms with Crippen LogP contribution in [0.15, 0.2) is 30.3 Å². The van der Waals surface area contributed by atoms with Crippen molar-refractivity contribution in [3.63, 3.8) is 0 Å². The van der Waals surface area contributed by atoms with Gasteiger partial charge in [0.15, 0.2) is 0 Å². The maximum Gasteiger partial charge on any atom is 0.319 e. The van der Waals surface area contributed by atoms with Gasteiger partial charge in [0.2, 0.25) is 0 Å². The number of nitrogens with zero attached hydrogens (tertiary/aromatic N) is 1. The van der Waals surface area contributed by atoms with E-state index in [9.17, 15) is 4.79 Å². The van der Waals surface area contributed by atoms with Gasteiger partial charge in [-0.3, -0.25) is 4.79 Å². The molecular formula is C8H9ClN2O2. The Labute approximate surface area is 80.8 Å². The predicted octanol–water partition coefficient (Wildman–Crippen LogP) is 1.24. The highest BCUT2D eigenvalue weighted by molar-refractivity contribution is 6.25. The highest BCUT2D eigenvalue weighted by Gasteiger charge is 2.03. The number of nitrogens with one attached hydrogen (secondary N) is 1. The smallest absolute Gasteiger partial charge is 0.319 e. The van der Waals surface area contributed by atoms with Crippen LogP contribution in [-0.2, 0) is 4.79 Å². The highest BCUT2D eigenvalue weighted by atomic mass is 35.5. The fourth-order valence-corrected chi connectivity index (χ4v) is 0.960. The Kier molecular flexibility index (Phi) is 3.54. The van der Waals surface area contributed by atoms with Crippen LogP contribution in [0, 0.1) is 0 Å². The van der Waals surface area contributed by atoms with Crippen molar-refractivity contribution in [3.05, 3.63) is 30.3 Å². The van der Waals surface area contributed by atoms with Crippen LogP contribution in [0.2, 0.25) is 0 Å². The molecule has 70 valence electrons. The maximum absolute atomic E-state index is 10.2. The van der Waals surface area contributed by atoms with Gasteiger partial charge in [-0.15, -0.1) is 0 Å². The molecular weight excluding hydrogens is 192 g/mol. The highest BCUT2D eigenvalue weighted by Crippen LogP contribution is 2.11. The van der Waals surface area contributed by atoms with E-state index >= 15 is 0 Å². The molecule has 0 atom stereocenters.